The van der Waals surface area contributed by atoms with Crippen molar-refractivity contribution in [2.45, 2.75) is 45.1 Å². The van der Waals surface area contributed by atoms with Crippen molar-refractivity contribution in [3.8, 4) is 0 Å². The first-order chi connectivity index (χ1) is 10.9. The van der Waals surface area contributed by atoms with Crippen LogP contribution in [-0.4, -0.2) is 45.8 Å². The van der Waals surface area contributed by atoms with Gasteiger partial charge in [-0.15, -0.1) is 0 Å². The highest BCUT2D eigenvalue weighted by molar-refractivity contribution is 5.75. The number of ether oxygens (including phenoxy) is 1. The molecular formula is C19H34N2O2+2. The maximum atomic E-state index is 12.4. The molecule has 1 saturated heterocycles. The number of carbonyl (C=O) groups is 1. The molecule has 3 aliphatic rings. The van der Waals surface area contributed by atoms with Crippen LogP contribution in [0.25, 0.3) is 0 Å². The quantitative estimate of drug-likeness (QED) is 0.425. The van der Waals surface area contributed by atoms with Crippen LogP contribution < -0.4 is 10.2 Å². The average molecular weight is 322 g/mol. The Hall–Kier alpha value is -0.870. The molecule has 1 heterocycles. The fourth-order valence-electron chi connectivity index (χ4n) is 5.21. The minimum atomic E-state index is 0.0568. The van der Waals surface area contributed by atoms with E-state index < -0.39 is 0 Å². The van der Waals surface area contributed by atoms with Crippen LogP contribution in [0.3, 0.4) is 0 Å². The zero-order valence-corrected chi connectivity index (χ0v) is 15.1. The van der Waals surface area contributed by atoms with Crippen molar-refractivity contribution in [1.29, 1.82) is 0 Å². The topological polar surface area (TPSA) is 47.3 Å². The van der Waals surface area contributed by atoms with Crippen LogP contribution in [0, 0.1) is 23.2 Å². The number of nitrogens with two attached hydrogens (primary N) is 1. The molecule has 0 aromatic carbocycles. The number of hydrogen-bond acceptors (Lipinski definition) is 2. The molecule has 2 aliphatic carbocycles. The van der Waals surface area contributed by atoms with E-state index in [0.29, 0.717) is 17.3 Å². The van der Waals surface area contributed by atoms with Crippen LogP contribution >= 0.6 is 0 Å². The summed E-state index contributed by atoms with van der Waals surface area (Å²) in [6, 6.07) is 0. The summed E-state index contributed by atoms with van der Waals surface area (Å²) < 4.78 is 5.81. The van der Waals surface area contributed by atoms with Gasteiger partial charge < -0.3 is 15.0 Å². The monoisotopic (exact) mass is 322 g/mol. The minimum Gasteiger partial charge on any atom is -0.462 e. The lowest BCUT2D eigenvalue weighted by Gasteiger charge is -2.49. The van der Waals surface area contributed by atoms with E-state index in [1.165, 1.54) is 29.7 Å². The van der Waals surface area contributed by atoms with Crippen molar-refractivity contribution in [3.05, 3.63) is 12.2 Å². The molecule has 0 bridgehead atoms. The molecule has 0 aromatic heterocycles. The number of carbonyl (C=O) groups excluding carboxylic acids is 1. The molecule has 0 aromatic rings. The maximum absolute atomic E-state index is 12.4. The number of esters is 1. The number of nitrogens with one attached hydrogen (secondary N) is 1. The molecule has 1 aliphatic heterocycles. The fraction of sp³-hybridized carbons (Fsp3) is 0.842. The summed E-state index contributed by atoms with van der Waals surface area (Å²) in [4.78, 5) is 13.8. The maximum Gasteiger partial charge on any atom is 0.315 e. The number of allylic oxidation sites excluding steroid dienone is 1. The number of hydrogen-bond donors (Lipinski definition) is 2. The second-order valence-corrected chi connectivity index (χ2v) is 8.67. The van der Waals surface area contributed by atoms with Gasteiger partial charge in [-0.3, -0.25) is 4.79 Å². The van der Waals surface area contributed by atoms with Gasteiger partial charge in [0.25, 0.3) is 0 Å². The molecule has 0 amide bonds. The molecule has 3 N–H and O–H groups in total. The molecule has 3 fully saturated rings. The summed E-state index contributed by atoms with van der Waals surface area (Å²) in [6.45, 7) is 9.86. The second kappa shape index (κ2) is 6.56. The SMILES string of the molecule is C=C1CCC[C@@]2(C)C[C@H]3OC(=O)[C@@H](C[NH2+]CC[NH+](C)C)[C@@H]3C[C@@H]12. The van der Waals surface area contributed by atoms with Gasteiger partial charge in [0.2, 0.25) is 0 Å². The third kappa shape index (κ3) is 3.34. The summed E-state index contributed by atoms with van der Waals surface area (Å²) >= 11 is 0. The first-order valence-electron chi connectivity index (χ1n) is 9.39. The first kappa shape index (κ1) is 17.0. The van der Waals surface area contributed by atoms with Gasteiger partial charge in [-0.2, -0.15) is 0 Å². The highest BCUT2D eigenvalue weighted by Crippen LogP contribution is 2.56. The summed E-state index contributed by atoms with van der Waals surface area (Å²) in [5.41, 5.74) is 1.74. The van der Waals surface area contributed by atoms with E-state index >= 15 is 0 Å². The van der Waals surface area contributed by atoms with Gasteiger partial charge in [0.15, 0.2) is 0 Å². The molecular weight excluding hydrogens is 288 g/mol. The Balaban J connectivity index is 1.64. The van der Waals surface area contributed by atoms with Crippen molar-refractivity contribution >= 4 is 5.97 Å². The minimum absolute atomic E-state index is 0.0568. The van der Waals surface area contributed by atoms with Crippen LogP contribution in [0.2, 0.25) is 0 Å². The van der Waals surface area contributed by atoms with Crippen LogP contribution in [0.15, 0.2) is 12.2 Å². The number of fused-ring (bicyclic) bond motifs is 2. The Bertz CT molecular complexity index is 476. The van der Waals surface area contributed by atoms with Crippen LogP contribution in [0.4, 0.5) is 0 Å². The molecule has 5 atom stereocenters. The van der Waals surface area contributed by atoms with Crippen LogP contribution in [-0.2, 0) is 9.53 Å². The predicted molar refractivity (Wildman–Crippen MR) is 90.0 cm³/mol. The molecule has 0 spiro atoms. The largest absolute Gasteiger partial charge is 0.462 e. The average Bonchev–Trinajstić information content (AvgIpc) is 2.76. The normalized spacial score (nSPS) is 40.0. The zero-order chi connectivity index (χ0) is 16.6. The standard InChI is InChI=1S/C19H32N2O2/c1-13-6-5-7-19(2)11-17-14(10-16(13)19)15(18(22)23-17)12-20-8-9-21(3)4/h14-17,20H,1,5-12H2,2-4H3/p+2/t14-,15-,16-,17+,19-/m0/s1. The van der Waals surface area contributed by atoms with Crippen molar-refractivity contribution in [1.82, 2.24) is 0 Å². The Morgan fingerprint density at radius 3 is 2.96 bits per heavy atom. The lowest BCUT2D eigenvalue weighted by atomic mass is 9.55. The van der Waals surface area contributed by atoms with Gasteiger partial charge in [0.1, 0.15) is 25.1 Å². The lowest BCUT2D eigenvalue weighted by Crippen LogP contribution is -3.09. The number of quaternary nitrogens is 2. The Labute approximate surface area is 140 Å². The molecule has 23 heavy (non-hydrogen) atoms. The molecule has 4 nitrogen and oxygen atoms in total. The van der Waals surface area contributed by atoms with Crippen LogP contribution in [0.5, 0.6) is 0 Å². The van der Waals surface area contributed by atoms with E-state index in [4.69, 9.17) is 4.74 Å². The third-order valence-corrected chi connectivity index (χ3v) is 6.59. The number of likely N-dealkylation sites (N-methyl/N-ethyl adjacent to an activating group) is 1. The molecule has 3 rings (SSSR count). The van der Waals surface area contributed by atoms with E-state index in [9.17, 15) is 4.79 Å². The summed E-state index contributed by atoms with van der Waals surface area (Å²) in [5.74, 6) is 1.16. The van der Waals surface area contributed by atoms with Gasteiger partial charge in [-0.05, 0) is 43.4 Å². The zero-order valence-electron chi connectivity index (χ0n) is 15.1. The predicted octanol–water partition coefficient (Wildman–Crippen LogP) is 0.00850. The van der Waals surface area contributed by atoms with Gasteiger partial charge in [0, 0.05) is 5.92 Å². The molecule has 0 unspecified atom stereocenters. The van der Waals surface area contributed by atoms with Crippen molar-refractivity contribution in [2.75, 3.05) is 33.7 Å². The van der Waals surface area contributed by atoms with Gasteiger partial charge in [-0.1, -0.05) is 19.1 Å². The third-order valence-electron chi connectivity index (χ3n) is 6.59. The second-order valence-electron chi connectivity index (χ2n) is 8.67. The van der Waals surface area contributed by atoms with Crippen molar-refractivity contribution in [3.63, 3.8) is 0 Å². The van der Waals surface area contributed by atoms with E-state index in [1.54, 1.807) is 0 Å². The first-order valence-corrected chi connectivity index (χ1v) is 9.39. The van der Waals surface area contributed by atoms with Crippen molar-refractivity contribution < 1.29 is 19.7 Å². The lowest BCUT2D eigenvalue weighted by molar-refractivity contribution is -0.874. The van der Waals surface area contributed by atoms with Gasteiger partial charge >= 0.3 is 5.97 Å². The summed E-state index contributed by atoms with van der Waals surface area (Å²) in [5, 5.41) is 2.31. The molecule has 2 saturated carbocycles. The highest BCUT2D eigenvalue weighted by atomic mass is 16.6. The Morgan fingerprint density at radius 1 is 1.43 bits per heavy atom. The summed E-state index contributed by atoms with van der Waals surface area (Å²) in [6.07, 6.45) is 6.01. The van der Waals surface area contributed by atoms with E-state index in [2.05, 4.69) is 32.9 Å². The smallest absolute Gasteiger partial charge is 0.315 e. The fourth-order valence-corrected chi connectivity index (χ4v) is 5.21. The number of rotatable bonds is 5. The Morgan fingerprint density at radius 2 is 2.22 bits per heavy atom. The summed E-state index contributed by atoms with van der Waals surface area (Å²) in [7, 11) is 4.34. The molecule has 4 heteroatoms. The highest BCUT2D eigenvalue weighted by Gasteiger charge is 2.55. The van der Waals surface area contributed by atoms with Crippen molar-refractivity contribution in [2.24, 2.45) is 23.2 Å². The molecule has 0 radical (unpaired) electrons. The molecule has 130 valence electrons. The van der Waals surface area contributed by atoms with Gasteiger partial charge in [-0.25, -0.2) is 0 Å². The van der Waals surface area contributed by atoms with E-state index in [1.807, 2.05) is 0 Å². The van der Waals surface area contributed by atoms with E-state index in [0.717, 1.165) is 32.5 Å². The van der Waals surface area contributed by atoms with E-state index in [-0.39, 0.29) is 18.0 Å². The Kier molecular flexibility index (Phi) is 4.84. The van der Waals surface area contributed by atoms with Gasteiger partial charge in [0.05, 0.1) is 20.6 Å². The van der Waals surface area contributed by atoms with Crippen LogP contribution in [0.1, 0.15) is 39.0 Å².